The molecule has 16 heavy (non-hydrogen) atoms. The Morgan fingerprint density at radius 2 is 1.88 bits per heavy atom. The highest BCUT2D eigenvalue weighted by Crippen LogP contribution is 2.25. The minimum atomic E-state index is -0.174. The quantitative estimate of drug-likeness (QED) is 0.706. The molecule has 2 unspecified atom stereocenters. The molecule has 1 amide bonds. The Morgan fingerprint density at radius 1 is 1.31 bits per heavy atom. The van der Waals surface area contributed by atoms with E-state index in [2.05, 4.69) is 19.2 Å². The second-order valence-electron chi connectivity index (χ2n) is 5.11. The lowest BCUT2D eigenvalue weighted by Crippen LogP contribution is -2.49. The average molecular weight is 226 g/mol. The molecular formula is C13H26N2O. The van der Waals surface area contributed by atoms with Gasteiger partial charge in [0.1, 0.15) is 0 Å². The zero-order valence-corrected chi connectivity index (χ0v) is 10.7. The van der Waals surface area contributed by atoms with E-state index >= 15 is 0 Å². The minimum absolute atomic E-state index is 0.118. The van der Waals surface area contributed by atoms with Crippen molar-refractivity contribution in [2.75, 3.05) is 0 Å². The van der Waals surface area contributed by atoms with Crippen LogP contribution in [0.5, 0.6) is 0 Å². The van der Waals surface area contributed by atoms with Crippen molar-refractivity contribution in [1.29, 1.82) is 0 Å². The van der Waals surface area contributed by atoms with Gasteiger partial charge in [-0.1, -0.05) is 32.6 Å². The summed E-state index contributed by atoms with van der Waals surface area (Å²) < 4.78 is 0. The molecule has 1 aliphatic rings. The summed E-state index contributed by atoms with van der Waals surface area (Å²) in [7, 11) is 0. The number of carbonyl (C=O) groups excluding carboxylic acids is 1. The Morgan fingerprint density at radius 3 is 2.31 bits per heavy atom. The second-order valence-corrected chi connectivity index (χ2v) is 5.11. The van der Waals surface area contributed by atoms with Gasteiger partial charge in [-0.05, 0) is 32.1 Å². The van der Waals surface area contributed by atoms with Crippen LogP contribution in [0.2, 0.25) is 0 Å². The van der Waals surface area contributed by atoms with Gasteiger partial charge in [-0.2, -0.15) is 0 Å². The number of amides is 1. The summed E-state index contributed by atoms with van der Waals surface area (Å²) in [4.78, 5) is 11.5. The first-order chi connectivity index (χ1) is 7.65. The zero-order valence-electron chi connectivity index (χ0n) is 10.7. The first-order valence-corrected chi connectivity index (χ1v) is 6.70. The predicted molar refractivity (Wildman–Crippen MR) is 67.1 cm³/mol. The highest BCUT2D eigenvalue weighted by atomic mass is 16.1. The molecule has 0 aromatic heterocycles. The van der Waals surface area contributed by atoms with Gasteiger partial charge in [0.15, 0.2) is 0 Å². The number of nitrogens with one attached hydrogen (secondary N) is 1. The van der Waals surface area contributed by atoms with Crippen LogP contribution in [0.4, 0.5) is 0 Å². The highest BCUT2D eigenvalue weighted by molar-refractivity contribution is 5.80. The normalized spacial score (nSPS) is 22.4. The van der Waals surface area contributed by atoms with Gasteiger partial charge < -0.3 is 11.1 Å². The molecular weight excluding hydrogens is 200 g/mol. The van der Waals surface area contributed by atoms with E-state index in [0.29, 0.717) is 12.0 Å². The van der Waals surface area contributed by atoms with Gasteiger partial charge in [-0.3, -0.25) is 4.79 Å². The third-order valence-electron chi connectivity index (χ3n) is 3.75. The fourth-order valence-corrected chi connectivity index (χ4v) is 2.52. The Labute approximate surface area is 99.2 Å². The van der Waals surface area contributed by atoms with Crippen molar-refractivity contribution in [3.8, 4) is 0 Å². The molecule has 1 saturated carbocycles. The maximum atomic E-state index is 11.5. The van der Waals surface area contributed by atoms with E-state index < -0.39 is 0 Å². The van der Waals surface area contributed by atoms with Crippen molar-refractivity contribution in [3.63, 3.8) is 0 Å². The van der Waals surface area contributed by atoms with Crippen LogP contribution in [0.1, 0.15) is 58.8 Å². The standard InChI is InChI=1S/C13H26N2O/c1-3-10(2)15-12(13(14)16)11-8-6-4-5-7-9-11/h10-12,15H,3-9H2,1-2H3,(H2,14,16). The number of rotatable bonds is 5. The molecule has 2 atom stereocenters. The summed E-state index contributed by atoms with van der Waals surface area (Å²) in [5.74, 6) is 0.279. The van der Waals surface area contributed by atoms with E-state index in [-0.39, 0.29) is 11.9 Å². The van der Waals surface area contributed by atoms with Gasteiger partial charge in [-0.15, -0.1) is 0 Å². The van der Waals surface area contributed by atoms with Crippen molar-refractivity contribution in [2.45, 2.75) is 70.9 Å². The highest BCUT2D eigenvalue weighted by Gasteiger charge is 2.27. The second kappa shape index (κ2) is 6.89. The van der Waals surface area contributed by atoms with Gasteiger partial charge in [-0.25, -0.2) is 0 Å². The Bertz CT molecular complexity index is 210. The number of nitrogens with two attached hydrogens (primary N) is 1. The number of hydrogen-bond donors (Lipinski definition) is 2. The third-order valence-corrected chi connectivity index (χ3v) is 3.75. The Balaban J connectivity index is 2.56. The van der Waals surface area contributed by atoms with E-state index in [4.69, 9.17) is 5.73 Å². The molecule has 3 N–H and O–H groups in total. The van der Waals surface area contributed by atoms with Gasteiger partial charge in [0.05, 0.1) is 6.04 Å². The topological polar surface area (TPSA) is 55.1 Å². The number of hydrogen-bond acceptors (Lipinski definition) is 2. The molecule has 3 nitrogen and oxygen atoms in total. The molecule has 0 radical (unpaired) electrons. The third kappa shape index (κ3) is 4.12. The van der Waals surface area contributed by atoms with Crippen LogP contribution in [0.15, 0.2) is 0 Å². The molecule has 0 aromatic rings. The maximum Gasteiger partial charge on any atom is 0.234 e. The first-order valence-electron chi connectivity index (χ1n) is 6.70. The molecule has 0 aromatic carbocycles. The molecule has 1 rings (SSSR count). The van der Waals surface area contributed by atoms with Crippen molar-refractivity contribution in [3.05, 3.63) is 0 Å². The minimum Gasteiger partial charge on any atom is -0.368 e. The van der Waals surface area contributed by atoms with Crippen LogP contribution in [0, 0.1) is 5.92 Å². The number of primary amides is 1. The average Bonchev–Trinajstić information content (AvgIpc) is 2.53. The Kier molecular flexibility index (Phi) is 5.81. The van der Waals surface area contributed by atoms with Gasteiger partial charge in [0, 0.05) is 6.04 Å². The monoisotopic (exact) mass is 226 g/mol. The van der Waals surface area contributed by atoms with Crippen LogP contribution < -0.4 is 11.1 Å². The van der Waals surface area contributed by atoms with E-state index in [1.54, 1.807) is 0 Å². The molecule has 3 heteroatoms. The SMILES string of the molecule is CCC(C)NC(C(N)=O)C1CCCCCC1. The smallest absolute Gasteiger partial charge is 0.234 e. The van der Waals surface area contributed by atoms with Gasteiger partial charge >= 0.3 is 0 Å². The van der Waals surface area contributed by atoms with Crippen molar-refractivity contribution in [2.24, 2.45) is 11.7 Å². The van der Waals surface area contributed by atoms with Crippen molar-refractivity contribution >= 4 is 5.91 Å². The van der Waals surface area contributed by atoms with E-state index in [1.165, 1.54) is 25.7 Å². The molecule has 0 bridgehead atoms. The molecule has 94 valence electrons. The lowest BCUT2D eigenvalue weighted by atomic mass is 9.90. The summed E-state index contributed by atoms with van der Waals surface area (Å²) in [6.45, 7) is 4.25. The summed E-state index contributed by atoms with van der Waals surface area (Å²) in [5.41, 5.74) is 5.52. The maximum absolute atomic E-state index is 11.5. The fraction of sp³-hybridized carbons (Fsp3) is 0.923. The molecule has 0 aliphatic heterocycles. The summed E-state index contributed by atoms with van der Waals surface area (Å²) in [6.07, 6.45) is 8.45. The largest absolute Gasteiger partial charge is 0.368 e. The molecule has 0 heterocycles. The fourth-order valence-electron chi connectivity index (χ4n) is 2.52. The van der Waals surface area contributed by atoms with Crippen LogP contribution >= 0.6 is 0 Å². The van der Waals surface area contributed by atoms with E-state index in [9.17, 15) is 4.79 Å². The summed E-state index contributed by atoms with van der Waals surface area (Å²) >= 11 is 0. The van der Waals surface area contributed by atoms with Gasteiger partial charge in [0.25, 0.3) is 0 Å². The van der Waals surface area contributed by atoms with Crippen LogP contribution in [0.25, 0.3) is 0 Å². The van der Waals surface area contributed by atoms with Crippen molar-refractivity contribution < 1.29 is 4.79 Å². The Hall–Kier alpha value is -0.570. The molecule has 1 aliphatic carbocycles. The van der Waals surface area contributed by atoms with Crippen molar-refractivity contribution in [1.82, 2.24) is 5.32 Å². The zero-order chi connectivity index (χ0) is 12.0. The van der Waals surface area contributed by atoms with E-state index in [1.807, 2.05) is 0 Å². The van der Waals surface area contributed by atoms with E-state index in [0.717, 1.165) is 19.3 Å². The molecule has 1 fully saturated rings. The van der Waals surface area contributed by atoms with Crippen LogP contribution in [-0.2, 0) is 4.79 Å². The molecule has 0 spiro atoms. The molecule has 0 saturated heterocycles. The van der Waals surface area contributed by atoms with Crippen LogP contribution in [0.3, 0.4) is 0 Å². The lowest BCUT2D eigenvalue weighted by Gasteiger charge is -2.27. The van der Waals surface area contributed by atoms with Gasteiger partial charge in [0.2, 0.25) is 5.91 Å². The predicted octanol–water partition coefficient (Wildman–Crippen LogP) is 2.20. The summed E-state index contributed by atoms with van der Waals surface area (Å²) in [5, 5.41) is 3.39. The first kappa shape index (κ1) is 13.5. The number of carbonyl (C=O) groups is 1. The van der Waals surface area contributed by atoms with Crippen LogP contribution in [-0.4, -0.2) is 18.0 Å². The lowest BCUT2D eigenvalue weighted by molar-refractivity contribution is -0.121. The summed E-state index contributed by atoms with van der Waals surface area (Å²) in [6, 6.07) is 0.258.